The highest BCUT2D eigenvalue weighted by Gasteiger charge is 2.17. The molecule has 0 saturated carbocycles. The predicted octanol–water partition coefficient (Wildman–Crippen LogP) is 7.17. The van der Waals surface area contributed by atoms with Gasteiger partial charge in [-0.05, 0) is 60.4 Å². The fraction of sp³-hybridized carbons (Fsp3) is 0.222. The van der Waals surface area contributed by atoms with Crippen molar-refractivity contribution in [3.8, 4) is 16.9 Å². The summed E-state index contributed by atoms with van der Waals surface area (Å²) < 4.78 is 11.1. The Labute approximate surface area is 204 Å². The van der Waals surface area contributed by atoms with Gasteiger partial charge in [0.1, 0.15) is 12.4 Å². The number of rotatable bonds is 10. The SMILES string of the molecule is CCOC(Cc1ccc(OC/C=C(\C)c2ccc(-c3cccc(Cl)c3Cl)cc2)cc1)C(=O)O. The molecule has 0 aromatic heterocycles. The van der Waals surface area contributed by atoms with Gasteiger partial charge in [-0.1, -0.05) is 71.7 Å². The first-order valence-electron chi connectivity index (χ1n) is 10.7. The molecule has 172 valence electrons. The molecule has 0 aliphatic heterocycles. The summed E-state index contributed by atoms with van der Waals surface area (Å²) in [6.45, 7) is 4.60. The van der Waals surface area contributed by atoms with Gasteiger partial charge in [0, 0.05) is 18.6 Å². The Morgan fingerprint density at radius 1 is 1.03 bits per heavy atom. The van der Waals surface area contributed by atoms with Gasteiger partial charge in [0.2, 0.25) is 0 Å². The maximum Gasteiger partial charge on any atom is 0.333 e. The average Bonchev–Trinajstić information content (AvgIpc) is 2.81. The molecule has 0 aliphatic carbocycles. The Morgan fingerprint density at radius 3 is 2.36 bits per heavy atom. The number of halogens is 2. The van der Waals surface area contributed by atoms with Gasteiger partial charge >= 0.3 is 5.97 Å². The van der Waals surface area contributed by atoms with Crippen molar-refractivity contribution in [3.05, 3.63) is 94.0 Å². The summed E-state index contributed by atoms with van der Waals surface area (Å²) in [7, 11) is 0. The van der Waals surface area contributed by atoms with E-state index in [2.05, 4.69) is 0 Å². The molecule has 0 fully saturated rings. The largest absolute Gasteiger partial charge is 0.490 e. The Bertz CT molecular complexity index is 1110. The van der Waals surface area contributed by atoms with Crippen molar-refractivity contribution in [2.75, 3.05) is 13.2 Å². The van der Waals surface area contributed by atoms with Crippen LogP contribution in [-0.2, 0) is 16.0 Å². The quantitative estimate of drug-likeness (QED) is 0.331. The van der Waals surface area contributed by atoms with E-state index < -0.39 is 12.1 Å². The van der Waals surface area contributed by atoms with E-state index in [1.807, 2.05) is 73.7 Å². The number of aliphatic carboxylic acids is 1. The molecule has 0 amide bonds. The Kier molecular flexibility index (Phi) is 8.95. The topological polar surface area (TPSA) is 55.8 Å². The minimum absolute atomic E-state index is 0.318. The Balaban J connectivity index is 1.58. The van der Waals surface area contributed by atoms with E-state index in [0.717, 1.165) is 33.6 Å². The fourth-order valence-electron chi connectivity index (χ4n) is 3.37. The normalized spacial score (nSPS) is 12.4. The highest BCUT2D eigenvalue weighted by Crippen LogP contribution is 2.33. The molecule has 6 heteroatoms. The molecule has 3 rings (SSSR count). The van der Waals surface area contributed by atoms with E-state index in [1.54, 1.807) is 13.0 Å². The van der Waals surface area contributed by atoms with Gasteiger partial charge in [0.25, 0.3) is 0 Å². The van der Waals surface area contributed by atoms with Crippen LogP contribution < -0.4 is 4.74 Å². The van der Waals surface area contributed by atoms with Crippen LogP contribution in [0, 0.1) is 0 Å². The molecule has 1 atom stereocenters. The third-order valence-corrected chi connectivity index (χ3v) is 6.05. The monoisotopic (exact) mass is 484 g/mol. The van der Waals surface area contributed by atoms with Gasteiger partial charge < -0.3 is 14.6 Å². The molecule has 3 aromatic rings. The third-order valence-electron chi connectivity index (χ3n) is 5.23. The van der Waals surface area contributed by atoms with Gasteiger partial charge in [0.05, 0.1) is 10.0 Å². The lowest BCUT2D eigenvalue weighted by molar-refractivity contribution is -0.149. The van der Waals surface area contributed by atoms with Gasteiger partial charge in [-0.3, -0.25) is 0 Å². The van der Waals surface area contributed by atoms with E-state index in [4.69, 9.17) is 32.7 Å². The minimum atomic E-state index is -0.957. The average molecular weight is 485 g/mol. The Morgan fingerprint density at radius 2 is 1.73 bits per heavy atom. The summed E-state index contributed by atoms with van der Waals surface area (Å²) in [6, 6.07) is 21.2. The molecule has 0 bridgehead atoms. The predicted molar refractivity (Wildman–Crippen MR) is 134 cm³/mol. The number of benzene rings is 3. The second kappa shape index (κ2) is 11.9. The molecule has 0 aliphatic rings. The van der Waals surface area contributed by atoms with Crippen LogP contribution in [0.15, 0.2) is 72.8 Å². The molecule has 33 heavy (non-hydrogen) atoms. The van der Waals surface area contributed by atoms with Crippen molar-refractivity contribution >= 4 is 34.7 Å². The summed E-state index contributed by atoms with van der Waals surface area (Å²) in [5.41, 5.74) is 4.97. The number of carbonyl (C=O) groups is 1. The first kappa shape index (κ1) is 24.8. The first-order chi connectivity index (χ1) is 15.9. The summed E-state index contributed by atoms with van der Waals surface area (Å²) in [5.74, 6) is -0.237. The zero-order chi connectivity index (χ0) is 23.8. The lowest BCUT2D eigenvalue weighted by Gasteiger charge is -2.12. The molecule has 3 aromatic carbocycles. The summed E-state index contributed by atoms with van der Waals surface area (Å²) in [5, 5.41) is 10.3. The summed E-state index contributed by atoms with van der Waals surface area (Å²) in [4.78, 5) is 11.2. The van der Waals surface area contributed by atoms with E-state index in [-0.39, 0.29) is 0 Å². The zero-order valence-corrected chi connectivity index (χ0v) is 20.1. The highest BCUT2D eigenvalue weighted by molar-refractivity contribution is 6.43. The number of ether oxygens (including phenoxy) is 2. The van der Waals surface area contributed by atoms with E-state index in [1.165, 1.54) is 0 Å². The first-order valence-corrected chi connectivity index (χ1v) is 11.4. The second-order valence-electron chi connectivity index (χ2n) is 7.51. The maximum atomic E-state index is 11.2. The molecule has 0 spiro atoms. The van der Waals surface area contributed by atoms with Crippen molar-refractivity contribution in [2.45, 2.75) is 26.4 Å². The highest BCUT2D eigenvalue weighted by atomic mass is 35.5. The van der Waals surface area contributed by atoms with Crippen LogP contribution in [0.2, 0.25) is 10.0 Å². The van der Waals surface area contributed by atoms with Gasteiger partial charge in [-0.15, -0.1) is 0 Å². The third kappa shape index (κ3) is 6.84. The van der Waals surface area contributed by atoms with Crippen molar-refractivity contribution < 1.29 is 19.4 Å². The second-order valence-corrected chi connectivity index (χ2v) is 8.29. The van der Waals surface area contributed by atoms with Crippen molar-refractivity contribution in [1.29, 1.82) is 0 Å². The van der Waals surface area contributed by atoms with Crippen LogP contribution in [0.4, 0.5) is 0 Å². The summed E-state index contributed by atoms with van der Waals surface area (Å²) in [6.07, 6.45) is 1.50. The Hall–Kier alpha value is -2.79. The lowest BCUT2D eigenvalue weighted by atomic mass is 10.0. The number of hydrogen-bond acceptors (Lipinski definition) is 3. The van der Waals surface area contributed by atoms with E-state index in [0.29, 0.717) is 29.7 Å². The molecule has 1 N–H and O–H groups in total. The lowest BCUT2D eigenvalue weighted by Crippen LogP contribution is -2.26. The van der Waals surface area contributed by atoms with E-state index in [9.17, 15) is 9.90 Å². The van der Waals surface area contributed by atoms with Crippen LogP contribution in [0.3, 0.4) is 0 Å². The molecule has 0 heterocycles. The van der Waals surface area contributed by atoms with Crippen LogP contribution in [0.1, 0.15) is 25.0 Å². The zero-order valence-electron chi connectivity index (χ0n) is 18.6. The van der Waals surface area contributed by atoms with Gasteiger partial charge in [0.15, 0.2) is 6.10 Å². The van der Waals surface area contributed by atoms with Crippen LogP contribution in [0.25, 0.3) is 16.7 Å². The molecule has 0 radical (unpaired) electrons. The molecular weight excluding hydrogens is 459 g/mol. The number of hydrogen-bond donors (Lipinski definition) is 1. The molecule has 0 saturated heterocycles. The van der Waals surface area contributed by atoms with E-state index >= 15 is 0 Å². The minimum Gasteiger partial charge on any atom is -0.490 e. The van der Waals surface area contributed by atoms with Crippen LogP contribution in [0.5, 0.6) is 5.75 Å². The smallest absolute Gasteiger partial charge is 0.333 e. The molecular formula is C27H26Cl2O4. The van der Waals surface area contributed by atoms with Gasteiger partial charge in [-0.25, -0.2) is 4.79 Å². The van der Waals surface area contributed by atoms with Crippen LogP contribution >= 0.6 is 23.2 Å². The molecule has 1 unspecified atom stereocenters. The maximum absolute atomic E-state index is 11.2. The van der Waals surface area contributed by atoms with Crippen molar-refractivity contribution in [1.82, 2.24) is 0 Å². The number of carboxylic acid groups (broad SMARTS) is 1. The summed E-state index contributed by atoms with van der Waals surface area (Å²) >= 11 is 12.5. The standard InChI is InChI=1S/C27H26Cl2O4/c1-3-32-25(27(30)31)17-19-7-13-22(14-8-19)33-16-15-18(2)20-9-11-21(12-10-20)23-5-4-6-24(28)26(23)29/h4-15,25H,3,16-17H2,1-2H3,(H,30,31)/b18-15+. The van der Waals surface area contributed by atoms with Crippen molar-refractivity contribution in [2.24, 2.45) is 0 Å². The van der Waals surface area contributed by atoms with Crippen molar-refractivity contribution in [3.63, 3.8) is 0 Å². The van der Waals surface area contributed by atoms with Crippen LogP contribution in [-0.4, -0.2) is 30.4 Å². The number of allylic oxidation sites excluding steroid dienone is 1. The number of carboxylic acids is 1. The van der Waals surface area contributed by atoms with Gasteiger partial charge in [-0.2, -0.15) is 0 Å². The fourth-order valence-corrected chi connectivity index (χ4v) is 3.78. The molecule has 4 nitrogen and oxygen atoms in total.